The third kappa shape index (κ3) is 5.14. The third-order valence-electron chi connectivity index (χ3n) is 4.59. The summed E-state index contributed by atoms with van der Waals surface area (Å²) in [6.45, 7) is 3.91. The molecule has 1 heterocycles. The molecule has 1 aromatic heterocycles. The number of methoxy groups -OCH3 is 1. The molecule has 0 atom stereocenters. The summed E-state index contributed by atoms with van der Waals surface area (Å²) in [5.41, 5.74) is 3.67. The number of Topliss-reactive ketones (excluding diaryl/α,β-unsaturated/α-hetero) is 1. The van der Waals surface area contributed by atoms with Gasteiger partial charge in [-0.3, -0.25) is 4.79 Å². The van der Waals surface area contributed by atoms with Gasteiger partial charge < -0.3 is 4.74 Å². The van der Waals surface area contributed by atoms with Crippen LogP contribution in [0.4, 0.5) is 0 Å². The summed E-state index contributed by atoms with van der Waals surface area (Å²) in [6, 6.07) is 16.7. The molecule has 0 amide bonds. The maximum absolute atomic E-state index is 12.5. The van der Waals surface area contributed by atoms with Gasteiger partial charge in [0.15, 0.2) is 5.78 Å². The number of rotatable bonds is 8. The van der Waals surface area contributed by atoms with E-state index < -0.39 is 10.0 Å². The Morgan fingerprint density at radius 1 is 1.10 bits per heavy atom. The zero-order valence-electron chi connectivity index (χ0n) is 17.4. The second-order valence-corrected chi connectivity index (χ2v) is 9.17. The zero-order chi connectivity index (χ0) is 21.9. The molecule has 0 aliphatic carbocycles. The molecule has 0 bridgehead atoms. The molecule has 158 valence electrons. The molecule has 1 N–H and O–H groups in total. The van der Waals surface area contributed by atoms with Gasteiger partial charge in [0, 0.05) is 18.0 Å². The van der Waals surface area contributed by atoms with Crippen LogP contribution in [0, 0.1) is 5.92 Å². The van der Waals surface area contributed by atoms with Crippen LogP contribution < -0.4 is 9.46 Å². The minimum atomic E-state index is -3.26. The molecule has 0 fully saturated rings. The van der Waals surface area contributed by atoms with Crippen LogP contribution in [-0.2, 0) is 16.6 Å². The summed E-state index contributed by atoms with van der Waals surface area (Å²) in [7, 11) is -1.65. The molecule has 0 saturated heterocycles. The molecule has 0 spiro atoms. The maximum Gasteiger partial charge on any atom is 0.209 e. The van der Waals surface area contributed by atoms with E-state index in [9.17, 15) is 13.2 Å². The predicted octanol–water partition coefficient (Wildman–Crippen LogP) is 3.44. The summed E-state index contributed by atoms with van der Waals surface area (Å²) in [6.07, 6.45) is 1.13. The van der Waals surface area contributed by atoms with Crippen LogP contribution in [0.5, 0.6) is 5.75 Å². The standard InChI is InChI=1S/C22H25N3O4S/c1-15(2)22(26)20-13-21(25(24-20)18-9-11-19(29-3)12-10-18)17-7-5-16(6-8-17)14-23-30(4,27)28/h5-13,15,23H,14H2,1-4H3. The summed E-state index contributed by atoms with van der Waals surface area (Å²) >= 11 is 0. The molecule has 0 unspecified atom stereocenters. The molecular formula is C22H25N3O4S. The van der Waals surface area contributed by atoms with Crippen molar-refractivity contribution in [2.45, 2.75) is 20.4 Å². The number of nitrogens with one attached hydrogen (secondary N) is 1. The number of nitrogens with zero attached hydrogens (tertiary/aromatic N) is 2. The van der Waals surface area contributed by atoms with Gasteiger partial charge in [-0.05, 0) is 35.9 Å². The molecule has 7 nitrogen and oxygen atoms in total. The van der Waals surface area contributed by atoms with Crippen LogP contribution in [0.3, 0.4) is 0 Å². The number of ether oxygens (including phenoxy) is 1. The average Bonchev–Trinajstić information content (AvgIpc) is 3.17. The highest BCUT2D eigenvalue weighted by Gasteiger charge is 2.19. The largest absolute Gasteiger partial charge is 0.497 e. The van der Waals surface area contributed by atoms with Crippen molar-refractivity contribution in [3.63, 3.8) is 0 Å². The van der Waals surface area contributed by atoms with Gasteiger partial charge in [-0.15, -0.1) is 0 Å². The monoisotopic (exact) mass is 427 g/mol. The highest BCUT2D eigenvalue weighted by atomic mass is 32.2. The highest BCUT2D eigenvalue weighted by Crippen LogP contribution is 2.26. The number of benzene rings is 2. The van der Waals surface area contributed by atoms with E-state index in [1.807, 2.05) is 62.4 Å². The molecule has 3 rings (SSSR count). The summed E-state index contributed by atoms with van der Waals surface area (Å²) in [5, 5.41) is 4.56. The van der Waals surface area contributed by atoms with Crippen molar-refractivity contribution >= 4 is 15.8 Å². The number of hydrogen-bond donors (Lipinski definition) is 1. The number of hydrogen-bond acceptors (Lipinski definition) is 5. The smallest absolute Gasteiger partial charge is 0.209 e. The Balaban J connectivity index is 2.00. The maximum atomic E-state index is 12.5. The van der Waals surface area contributed by atoms with Gasteiger partial charge in [0.25, 0.3) is 0 Å². The van der Waals surface area contributed by atoms with Gasteiger partial charge in [0.1, 0.15) is 11.4 Å². The number of carbonyl (C=O) groups excluding carboxylic acids is 1. The Bertz CT molecular complexity index is 1130. The first kappa shape index (κ1) is 21.7. The Hall–Kier alpha value is -2.97. The SMILES string of the molecule is COc1ccc(-n2nc(C(=O)C(C)C)cc2-c2ccc(CNS(C)(=O)=O)cc2)cc1. The molecule has 0 radical (unpaired) electrons. The first-order valence-electron chi connectivity index (χ1n) is 9.50. The molecular weight excluding hydrogens is 402 g/mol. The Kier molecular flexibility index (Phi) is 6.38. The van der Waals surface area contributed by atoms with Crippen LogP contribution in [-0.4, -0.2) is 37.3 Å². The lowest BCUT2D eigenvalue weighted by Crippen LogP contribution is -2.21. The Labute approximate surface area is 176 Å². The van der Waals surface area contributed by atoms with Gasteiger partial charge in [-0.2, -0.15) is 5.10 Å². The minimum absolute atomic E-state index is 0.0301. The fraction of sp³-hybridized carbons (Fsp3) is 0.273. The van der Waals surface area contributed by atoms with Crippen molar-refractivity contribution in [2.24, 2.45) is 5.92 Å². The minimum Gasteiger partial charge on any atom is -0.497 e. The van der Waals surface area contributed by atoms with E-state index >= 15 is 0 Å². The molecule has 0 aliphatic heterocycles. The van der Waals surface area contributed by atoms with Crippen molar-refractivity contribution < 1.29 is 17.9 Å². The van der Waals surface area contributed by atoms with Crippen LogP contribution in [0.1, 0.15) is 29.9 Å². The van der Waals surface area contributed by atoms with E-state index in [1.165, 1.54) is 0 Å². The zero-order valence-corrected chi connectivity index (χ0v) is 18.2. The molecule has 0 aliphatic rings. The van der Waals surface area contributed by atoms with E-state index in [0.29, 0.717) is 5.69 Å². The third-order valence-corrected chi connectivity index (χ3v) is 5.26. The lowest BCUT2D eigenvalue weighted by molar-refractivity contribution is 0.0934. The fourth-order valence-corrected chi connectivity index (χ4v) is 3.36. The van der Waals surface area contributed by atoms with Crippen molar-refractivity contribution in [1.29, 1.82) is 0 Å². The topological polar surface area (TPSA) is 90.3 Å². The number of ketones is 1. The summed E-state index contributed by atoms with van der Waals surface area (Å²) in [5.74, 6) is 0.535. The van der Waals surface area contributed by atoms with Crippen molar-refractivity contribution in [3.05, 3.63) is 65.9 Å². The molecule has 3 aromatic rings. The Morgan fingerprint density at radius 2 is 1.73 bits per heavy atom. The number of aromatic nitrogens is 2. The fourth-order valence-electron chi connectivity index (χ4n) is 2.93. The quantitative estimate of drug-likeness (QED) is 0.556. The first-order chi connectivity index (χ1) is 14.2. The normalized spacial score (nSPS) is 11.6. The van der Waals surface area contributed by atoms with E-state index in [2.05, 4.69) is 9.82 Å². The van der Waals surface area contributed by atoms with Gasteiger partial charge >= 0.3 is 0 Å². The lowest BCUT2D eigenvalue weighted by Gasteiger charge is -2.09. The summed E-state index contributed by atoms with van der Waals surface area (Å²) in [4.78, 5) is 12.5. The lowest BCUT2D eigenvalue weighted by atomic mass is 10.0. The second kappa shape index (κ2) is 8.81. The van der Waals surface area contributed by atoms with Crippen molar-refractivity contribution in [1.82, 2.24) is 14.5 Å². The van der Waals surface area contributed by atoms with Crippen LogP contribution in [0.2, 0.25) is 0 Å². The van der Waals surface area contributed by atoms with Crippen LogP contribution in [0.15, 0.2) is 54.6 Å². The van der Waals surface area contributed by atoms with Crippen molar-refractivity contribution in [3.8, 4) is 22.7 Å². The molecule has 8 heteroatoms. The summed E-state index contributed by atoms with van der Waals surface area (Å²) < 4.78 is 32.0. The van der Waals surface area contributed by atoms with Crippen LogP contribution in [0.25, 0.3) is 16.9 Å². The van der Waals surface area contributed by atoms with E-state index in [-0.39, 0.29) is 18.2 Å². The molecule has 0 saturated carbocycles. The van der Waals surface area contributed by atoms with E-state index in [0.717, 1.165) is 34.5 Å². The predicted molar refractivity (Wildman–Crippen MR) is 116 cm³/mol. The number of carbonyl (C=O) groups is 1. The average molecular weight is 428 g/mol. The van der Waals surface area contributed by atoms with Crippen molar-refractivity contribution in [2.75, 3.05) is 13.4 Å². The van der Waals surface area contributed by atoms with E-state index in [4.69, 9.17) is 4.74 Å². The second-order valence-electron chi connectivity index (χ2n) is 7.33. The molecule has 30 heavy (non-hydrogen) atoms. The van der Waals surface area contributed by atoms with E-state index in [1.54, 1.807) is 17.9 Å². The Morgan fingerprint density at radius 3 is 2.27 bits per heavy atom. The van der Waals surface area contributed by atoms with Gasteiger partial charge in [0.2, 0.25) is 10.0 Å². The highest BCUT2D eigenvalue weighted by molar-refractivity contribution is 7.88. The van der Waals surface area contributed by atoms with Crippen LogP contribution >= 0.6 is 0 Å². The molecule has 2 aromatic carbocycles. The van der Waals surface area contributed by atoms with Gasteiger partial charge in [-0.25, -0.2) is 17.8 Å². The van der Waals surface area contributed by atoms with Gasteiger partial charge in [0.05, 0.1) is 24.7 Å². The van der Waals surface area contributed by atoms with Gasteiger partial charge in [-0.1, -0.05) is 38.1 Å². The number of sulfonamides is 1. The first-order valence-corrected chi connectivity index (χ1v) is 11.4.